The molecule has 2 aliphatic rings. The molecule has 93 heavy (non-hydrogen) atoms. The van der Waals surface area contributed by atoms with Crippen molar-refractivity contribution in [2.45, 2.75) is 466 Å². The third-order valence-corrected chi connectivity index (χ3v) is 20.2. The summed E-state index contributed by atoms with van der Waals surface area (Å²) in [6, 6.07) is -0.912. The molecule has 0 aromatic rings. The molecule has 1 amide bonds. The van der Waals surface area contributed by atoms with Crippen LogP contribution in [0.5, 0.6) is 0 Å². The van der Waals surface area contributed by atoms with Crippen molar-refractivity contribution in [3.05, 3.63) is 12.2 Å². The molecule has 0 saturated carbocycles. The van der Waals surface area contributed by atoms with Gasteiger partial charge in [-0.3, -0.25) is 4.79 Å². The van der Waals surface area contributed by atoms with Crippen molar-refractivity contribution >= 4 is 5.91 Å². The van der Waals surface area contributed by atoms with Gasteiger partial charge in [0, 0.05) is 6.42 Å². The molecule has 0 aromatic carbocycles. The van der Waals surface area contributed by atoms with Crippen LogP contribution in [-0.2, 0) is 23.7 Å². The topological polar surface area (TPSA) is 228 Å². The highest BCUT2D eigenvalue weighted by Crippen LogP contribution is 2.30. The van der Waals surface area contributed by atoms with E-state index in [1.165, 1.54) is 327 Å². The lowest BCUT2D eigenvalue weighted by Gasteiger charge is -2.46. The molecule has 0 aliphatic carbocycles. The number of rotatable bonds is 69. The van der Waals surface area contributed by atoms with E-state index in [-0.39, 0.29) is 18.9 Å². The monoisotopic (exact) mass is 1320 g/mol. The van der Waals surface area contributed by atoms with Gasteiger partial charge in [0.2, 0.25) is 5.91 Å². The van der Waals surface area contributed by atoms with Gasteiger partial charge in [0.25, 0.3) is 0 Å². The summed E-state index contributed by atoms with van der Waals surface area (Å²) in [5, 5.41) is 87.7. The SMILES string of the molecule is CCCCCCCCCCCCCCCCCCCCCCCCCCCCCCCC/C=C/C(O)C(COC1OC(CO)C(OC2OC(CO)C(O)C(O)C2O)C(O)C1O)NC(=O)CCCCCCCCCCCCCCCCCCCCCCCCCCCCC. The number of unbranched alkanes of at least 4 members (excludes halogenated alkanes) is 56. The third kappa shape index (κ3) is 47.4. The first-order valence-corrected chi connectivity index (χ1v) is 40.4. The van der Waals surface area contributed by atoms with Crippen LogP contribution >= 0.6 is 0 Å². The van der Waals surface area contributed by atoms with Crippen molar-refractivity contribution in [1.82, 2.24) is 5.32 Å². The van der Waals surface area contributed by atoms with Crippen molar-refractivity contribution in [3.8, 4) is 0 Å². The highest BCUT2D eigenvalue weighted by atomic mass is 16.7. The first-order valence-electron chi connectivity index (χ1n) is 40.4. The summed E-state index contributed by atoms with van der Waals surface area (Å²) in [7, 11) is 0. The van der Waals surface area contributed by atoms with Crippen LogP contribution in [0.25, 0.3) is 0 Å². The molecule has 0 aromatic heterocycles. The molecule has 0 bridgehead atoms. The molecule has 9 N–H and O–H groups in total. The quantitative estimate of drug-likeness (QED) is 0.0204. The van der Waals surface area contributed by atoms with Crippen molar-refractivity contribution in [2.75, 3.05) is 19.8 Å². The van der Waals surface area contributed by atoms with E-state index in [0.717, 1.165) is 44.9 Å². The minimum atomic E-state index is -1.79. The van der Waals surface area contributed by atoms with Crippen molar-refractivity contribution in [2.24, 2.45) is 0 Å². The van der Waals surface area contributed by atoms with Crippen LogP contribution in [0.2, 0.25) is 0 Å². The summed E-state index contributed by atoms with van der Waals surface area (Å²) >= 11 is 0. The predicted octanol–water partition coefficient (Wildman–Crippen LogP) is 18.1. The number of nitrogens with one attached hydrogen (secondary N) is 1. The standard InChI is InChI=1S/C79H153NO13/c1-3-5-7-9-11-13-15-17-19-21-23-25-27-29-31-32-33-34-35-37-38-40-42-44-46-48-50-52-54-56-58-60-62-68(83)67(66-90-78-76(89)74(87)77(70(65-82)92-78)93-79-75(88)73(86)72(85)69(64-81)91-79)80-71(84)63-61-59-57-55-53-51-49-47-45-43-41-39-36-30-28-26-24-22-20-18-16-14-12-10-8-6-4-2/h60,62,67-70,72-79,81-83,85-89H,3-59,61,63-66H2,1-2H3,(H,80,84)/b62-60+. The summed E-state index contributed by atoms with van der Waals surface area (Å²) in [5.41, 5.74) is 0. The van der Waals surface area contributed by atoms with Crippen LogP contribution in [0.15, 0.2) is 12.2 Å². The van der Waals surface area contributed by atoms with Gasteiger partial charge in [-0.2, -0.15) is 0 Å². The average molecular weight is 1330 g/mol. The molecule has 12 atom stereocenters. The maximum atomic E-state index is 13.4. The summed E-state index contributed by atoms with van der Waals surface area (Å²) in [6.07, 6.45) is 64.4. The number of aliphatic hydroxyl groups excluding tert-OH is 8. The molecule has 552 valence electrons. The molecule has 12 unspecified atom stereocenters. The smallest absolute Gasteiger partial charge is 0.220 e. The van der Waals surface area contributed by atoms with Gasteiger partial charge in [0.1, 0.15) is 48.8 Å². The number of amides is 1. The number of hydrogen-bond acceptors (Lipinski definition) is 13. The largest absolute Gasteiger partial charge is 0.394 e. The lowest BCUT2D eigenvalue weighted by atomic mass is 9.97. The fourth-order valence-electron chi connectivity index (χ4n) is 13.8. The maximum Gasteiger partial charge on any atom is 0.220 e. The molecule has 0 radical (unpaired) electrons. The van der Waals surface area contributed by atoms with E-state index in [0.29, 0.717) is 0 Å². The first kappa shape index (κ1) is 87.8. The van der Waals surface area contributed by atoms with E-state index in [2.05, 4.69) is 19.2 Å². The van der Waals surface area contributed by atoms with E-state index in [1.54, 1.807) is 6.08 Å². The zero-order valence-corrected chi connectivity index (χ0v) is 60.5. The number of aliphatic hydroxyl groups is 8. The Balaban J connectivity index is 1.61. The molecule has 2 aliphatic heterocycles. The molecule has 2 heterocycles. The second-order valence-electron chi connectivity index (χ2n) is 28.9. The highest BCUT2D eigenvalue weighted by Gasteiger charge is 2.51. The van der Waals surface area contributed by atoms with Gasteiger partial charge in [-0.05, 0) is 19.3 Å². The molecular formula is C79H153NO13. The summed E-state index contributed by atoms with van der Waals surface area (Å²) < 4.78 is 22.9. The second kappa shape index (κ2) is 64.1. The Labute approximate surface area is 571 Å². The van der Waals surface area contributed by atoms with E-state index < -0.39 is 86.8 Å². The number of hydrogen-bond donors (Lipinski definition) is 9. The number of carbonyl (C=O) groups excluding carboxylic acids is 1. The summed E-state index contributed by atoms with van der Waals surface area (Å²) in [4.78, 5) is 13.4. The average Bonchev–Trinajstić information content (AvgIpc) is 0.854. The van der Waals surface area contributed by atoms with Crippen molar-refractivity contribution in [3.63, 3.8) is 0 Å². The van der Waals surface area contributed by atoms with Gasteiger partial charge in [-0.15, -0.1) is 0 Å². The molecule has 2 fully saturated rings. The predicted molar refractivity (Wildman–Crippen MR) is 383 cm³/mol. The summed E-state index contributed by atoms with van der Waals surface area (Å²) in [6.45, 7) is 2.88. The molecule has 2 saturated heterocycles. The van der Waals surface area contributed by atoms with Crippen LogP contribution in [0.4, 0.5) is 0 Å². The second-order valence-corrected chi connectivity index (χ2v) is 28.9. The van der Waals surface area contributed by atoms with Crippen molar-refractivity contribution in [1.29, 1.82) is 0 Å². The van der Waals surface area contributed by atoms with Crippen molar-refractivity contribution < 1.29 is 64.6 Å². The molecule has 0 spiro atoms. The van der Waals surface area contributed by atoms with Gasteiger partial charge >= 0.3 is 0 Å². The van der Waals surface area contributed by atoms with E-state index >= 15 is 0 Å². The Morgan fingerprint density at radius 2 is 0.667 bits per heavy atom. The Kier molecular flexibility index (Phi) is 60.6. The van der Waals surface area contributed by atoms with Gasteiger partial charge in [-0.1, -0.05) is 379 Å². The lowest BCUT2D eigenvalue weighted by molar-refractivity contribution is -0.359. The van der Waals surface area contributed by atoms with Gasteiger partial charge in [0.05, 0.1) is 32.0 Å². The van der Waals surface area contributed by atoms with Crippen LogP contribution in [-0.4, -0.2) is 140 Å². The van der Waals surface area contributed by atoms with E-state index in [1.807, 2.05) is 6.08 Å². The van der Waals surface area contributed by atoms with Gasteiger partial charge in [-0.25, -0.2) is 0 Å². The molecule has 14 heteroatoms. The molecular weight excluding hydrogens is 1170 g/mol. The minimum Gasteiger partial charge on any atom is -0.394 e. The van der Waals surface area contributed by atoms with Crippen LogP contribution in [0.3, 0.4) is 0 Å². The first-order chi connectivity index (χ1) is 45.6. The highest BCUT2D eigenvalue weighted by molar-refractivity contribution is 5.76. The van der Waals surface area contributed by atoms with Crippen LogP contribution in [0.1, 0.15) is 393 Å². The Bertz CT molecular complexity index is 1610. The molecule has 14 nitrogen and oxygen atoms in total. The number of ether oxygens (including phenoxy) is 4. The zero-order valence-electron chi connectivity index (χ0n) is 60.5. The maximum absolute atomic E-state index is 13.4. The Hall–Kier alpha value is -1.27. The van der Waals surface area contributed by atoms with E-state index in [9.17, 15) is 45.6 Å². The third-order valence-electron chi connectivity index (χ3n) is 20.2. The van der Waals surface area contributed by atoms with Gasteiger partial charge < -0.3 is 65.1 Å². The fourth-order valence-corrected chi connectivity index (χ4v) is 13.8. The number of carbonyl (C=O) groups is 1. The van der Waals surface area contributed by atoms with E-state index in [4.69, 9.17) is 18.9 Å². The normalized spacial score (nSPS) is 22.5. The minimum absolute atomic E-state index is 0.229. The Morgan fingerprint density at radius 3 is 0.989 bits per heavy atom. The fraction of sp³-hybridized carbons (Fsp3) is 0.962. The lowest BCUT2D eigenvalue weighted by Crippen LogP contribution is -2.65. The van der Waals surface area contributed by atoms with Crippen LogP contribution < -0.4 is 5.32 Å². The summed E-state index contributed by atoms with van der Waals surface area (Å²) in [5.74, 6) is -0.229. The Morgan fingerprint density at radius 1 is 0.376 bits per heavy atom. The zero-order chi connectivity index (χ0) is 67.3. The van der Waals surface area contributed by atoms with Gasteiger partial charge in [0.15, 0.2) is 12.6 Å². The molecule has 2 rings (SSSR count). The van der Waals surface area contributed by atoms with Crippen LogP contribution in [0, 0.1) is 0 Å². The number of allylic oxidation sites excluding steroid dienone is 1.